The molecule has 4 heteroatoms. The quantitative estimate of drug-likeness (QED) is 0.836. The molecule has 0 bridgehead atoms. The lowest BCUT2D eigenvalue weighted by Gasteiger charge is -2.29. The number of pyridine rings is 1. The highest BCUT2D eigenvalue weighted by Crippen LogP contribution is 2.25. The molecule has 0 aliphatic heterocycles. The molecule has 0 saturated heterocycles. The van der Waals surface area contributed by atoms with E-state index in [1.54, 1.807) is 12.3 Å². The predicted octanol–water partition coefficient (Wildman–Crippen LogP) is 2.94. The zero-order chi connectivity index (χ0) is 13.0. The molecule has 2 rings (SSSR count). The van der Waals surface area contributed by atoms with E-state index in [0.717, 1.165) is 5.69 Å². The molecule has 18 heavy (non-hydrogen) atoms. The minimum Gasteiger partial charge on any atom is -0.477 e. The monoisotopic (exact) mass is 248 g/mol. The van der Waals surface area contributed by atoms with Crippen molar-refractivity contribution in [2.24, 2.45) is 0 Å². The molecule has 0 unspecified atom stereocenters. The standard InChI is InChI=1S/C14H20N2O2/c1-16(11-6-4-2-3-5-7-11)12-8-9-15-13(10-12)14(17)18/h8-11H,2-7H2,1H3,(H,17,18). The van der Waals surface area contributed by atoms with E-state index in [9.17, 15) is 4.79 Å². The van der Waals surface area contributed by atoms with Crippen LogP contribution in [-0.4, -0.2) is 29.1 Å². The molecule has 98 valence electrons. The summed E-state index contributed by atoms with van der Waals surface area (Å²) in [5.41, 5.74) is 1.07. The second-order valence-corrected chi connectivity index (χ2v) is 4.96. The molecule has 4 nitrogen and oxygen atoms in total. The number of aromatic carboxylic acids is 1. The number of aromatic nitrogens is 1. The summed E-state index contributed by atoms with van der Waals surface area (Å²) in [5, 5.41) is 8.97. The maximum atomic E-state index is 10.9. The summed E-state index contributed by atoms with van der Waals surface area (Å²) in [6.07, 6.45) is 9.15. The lowest BCUT2D eigenvalue weighted by molar-refractivity contribution is 0.0690. The first kappa shape index (κ1) is 12.9. The summed E-state index contributed by atoms with van der Waals surface area (Å²) in [6.45, 7) is 0. The van der Waals surface area contributed by atoms with Crippen molar-refractivity contribution in [3.8, 4) is 0 Å². The molecule has 1 N–H and O–H groups in total. The maximum Gasteiger partial charge on any atom is 0.354 e. The van der Waals surface area contributed by atoms with E-state index in [0.29, 0.717) is 6.04 Å². The zero-order valence-electron chi connectivity index (χ0n) is 10.8. The maximum absolute atomic E-state index is 10.9. The average Bonchev–Trinajstić information content (AvgIpc) is 2.67. The number of anilines is 1. The first-order valence-corrected chi connectivity index (χ1v) is 6.60. The topological polar surface area (TPSA) is 53.4 Å². The second-order valence-electron chi connectivity index (χ2n) is 4.96. The normalized spacial score (nSPS) is 17.2. The number of hydrogen-bond donors (Lipinski definition) is 1. The van der Waals surface area contributed by atoms with Gasteiger partial charge in [-0.1, -0.05) is 25.7 Å². The molecule has 1 aromatic rings. The number of nitrogens with zero attached hydrogens (tertiary/aromatic N) is 2. The van der Waals surface area contributed by atoms with Crippen molar-refractivity contribution in [3.63, 3.8) is 0 Å². The molecule has 0 spiro atoms. The van der Waals surface area contributed by atoms with Crippen LogP contribution in [0.5, 0.6) is 0 Å². The van der Waals surface area contributed by atoms with Gasteiger partial charge in [0.05, 0.1) is 0 Å². The van der Waals surface area contributed by atoms with Gasteiger partial charge in [0.15, 0.2) is 0 Å². The summed E-state index contributed by atoms with van der Waals surface area (Å²) in [6, 6.07) is 4.07. The fourth-order valence-electron chi connectivity index (χ4n) is 2.61. The fourth-order valence-corrected chi connectivity index (χ4v) is 2.61. The highest BCUT2D eigenvalue weighted by atomic mass is 16.4. The molecule has 1 aliphatic carbocycles. The molecule has 0 atom stereocenters. The van der Waals surface area contributed by atoms with Gasteiger partial charge in [0, 0.05) is 25.0 Å². The Bertz CT molecular complexity index is 412. The zero-order valence-corrected chi connectivity index (χ0v) is 10.8. The number of carboxylic acids is 1. The Balaban J connectivity index is 2.13. The third-order valence-corrected chi connectivity index (χ3v) is 3.74. The summed E-state index contributed by atoms with van der Waals surface area (Å²) in [4.78, 5) is 17.0. The van der Waals surface area contributed by atoms with Crippen LogP contribution in [0, 0.1) is 0 Å². The van der Waals surface area contributed by atoms with Gasteiger partial charge in [-0.3, -0.25) is 0 Å². The number of carbonyl (C=O) groups is 1. The van der Waals surface area contributed by atoms with Gasteiger partial charge in [-0.15, -0.1) is 0 Å². The Morgan fingerprint density at radius 1 is 1.33 bits per heavy atom. The highest BCUT2D eigenvalue weighted by molar-refractivity contribution is 5.86. The Hall–Kier alpha value is -1.58. The number of rotatable bonds is 3. The third kappa shape index (κ3) is 3.00. The Morgan fingerprint density at radius 3 is 2.61 bits per heavy atom. The van der Waals surface area contributed by atoms with Crippen molar-refractivity contribution < 1.29 is 9.90 Å². The van der Waals surface area contributed by atoms with E-state index >= 15 is 0 Å². The Labute approximate surface area is 108 Å². The van der Waals surface area contributed by atoms with Crippen LogP contribution in [0.2, 0.25) is 0 Å². The van der Waals surface area contributed by atoms with Crippen LogP contribution in [-0.2, 0) is 0 Å². The first-order chi connectivity index (χ1) is 8.68. The number of carboxylic acid groups (broad SMARTS) is 1. The molecular weight excluding hydrogens is 228 g/mol. The molecule has 1 aliphatic rings. The van der Waals surface area contributed by atoms with E-state index in [-0.39, 0.29) is 5.69 Å². The van der Waals surface area contributed by atoms with E-state index in [2.05, 4.69) is 16.9 Å². The van der Waals surface area contributed by atoms with Crippen LogP contribution in [0.3, 0.4) is 0 Å². The largest absolute Gasteiger partial charge is 0.477 e. The van der Waals surface area contributed by atoms with Crippen molar-refractivity contribution in [2.75, 3.05) is 11.9 Å². The van der Waals surface area contributed by atoms with Crippen molar-refractivity contribution in [1.82, 2.24) is 4.98 Å². The van der Waals surface area contributed by atoms with E-state index in [1.165, 1.54) is 38.5 Å². The molecule has 1 heterocycles. The van der Waals surface area contributed by atoms with Crippen LogP contribution in [0.4, 0.5) is 5.69 Å². The first-order valence-electron chi connectivity index (χ1n) is 6.60. The van der Waals surface area contributed by atoms with Crippen molar-refractivity contribution >= 4 is 11.7 Å². The molecule has 1 fully saturated rings. The summed E-state index contributed by atoms with van der Waals surface area (Å²) in [5.74, 6) is -0.967. The van der Waals surface area contributed by atoms with Gasteiger partial charge in [-0.05, 0) is 25.0 Å². The Morgan fingerprint density at radius 2 is 2.00 bits per heavy atom. The molecule has 0 radical (unpaired) electrons. The fraction of sp³-hybridized carbons (Fsp3) is 0.571. The minimum absolute atomic E-state index is 0.118. The summed E-state index contributed by atoms with van der Waals surface area (Å²) >= 11 is 0. The highest BCUT2D eigenvalue weighted by Gasteiger charge is 2.18. The third-order valence-electron chi connectivity index (χ3n) is 3.74. The second kappa shape index (κ2) is 5.85. The van der Waals surface area contributed by atoms with Crippen molar-refractivity contribution in [2.45, 2.75) is 44.6 Å². The lowest BCUT2D eigenvalue weighted by Crippen LogP contribution is -2.31. The summed E-state index contributed by atoms with van der Waals surface area (Å²) < 4.78 is 0. The van der Waals surface area contributed by atoms with Crippen LogP contribution >= 0.6 is 0 Å². The number of hydrogen-bond acceptors (Lipinski definition) is 3. The van der Waals surface area contributed by atoms with Gasteiger partial charge in [0.2, 0.25) is 0 Å². The van der Waals surface area contributed by atoms with E-state index in [4.69, 9.17) is 5.11 Å². The predicted molar refractivity (Wildman–Crippen MR) is 71.1 cm³/mol. The molecule has 0 amide bonds. The smallest absolute Gasteiger partial charge is 0.354 e. The SMILES string of the molecule is CN(c1ccnc(C(=O)O)c1)C1CCCCCC1. The molecular formula is C14H20N2O2. The van der Waals surface area contributed by atoms with Gasteiger partial charge in [-0.2, -0.15) is 0 Å². The van der Waals surface area contributed by atoms with Gasteiger partial charge in [0.25, 0.3) is 0 Å². The van der Waals surface area contributed by atoms with Gasteiger partial charge in [-0.25, -0.2) is 9.78 Å². The van der Waals surface area contributed by atoms with Crippen molar-refractivity contribution in [1.29, 1.82) is 0 Å². The van der Waals surface area contributed by atoms with Gasteiger partial charge < -0.3 is 10.0 Å². The van der Waals surface area contributed by atoms with Crippen LogP contribution in [0.15, 0.2) is 18.3 Å². The average molecular weight is 248 g/mol. The van der Waals surface area contributed by atoms with Gasteiger partial charge in [0.1, 0.15) is 5.69 Å². The lowest BCUT2D eigenvalue weighted by atomic mass is 10.1. The Kier molecular flexibility index (Phi) is 4.18. The molecule has 0 aromatic carbocycles. The van der Waals surface area contributed by atoms with Crippen molar-refractivity contribution in [3.05, 3.63) is 24.0 Å². The molecule has 1 aromatic heterocycles. The van der Waals surface area contributed by atoms with Crippen LogP contribution < -0.4 is 4.90 Å². The van der Waals surface area contributed by atoms with Crippen LogP contribution in [0.1, 0.15) is 49.0 Å². The minimum atomic E-state index is -0.967. The van der Waals surface area contributed by atoms with E-state index < -0.39 is 5.97 Å². The summed E-state index contributed by atoms with van der Waals surface area (Å²) in [7, 11) is 2.05. The van der Waals surface area contributed by atoms with E-state index in [1.807, 2.05) is 6.07 Å². The van der Waals surface area contributed by atoms with Crippen LogP contribution in [0.25, 0.3) is 0 Å². The molecule has 1 saturated carbocycles. The van der Waals surface area contributed by atoms with Gasteiger partial charge >= 0.3 is 5.97 Å².